The van der Waals surface area contributed by atoms with Crippen LogP contribution in [-0.2, 0) is 0 Å². The molecule has 0 radical (unpaired) electrons. The monoisotopic (exact) mass is 139 g/mol. The molecule has 0 saturated heterocycles. The van der Waals surface area contributed by atoms with Gasteiger partial charge in [0.05, 0.1) is 0 Å². The van der Waals surface area contributed by atoms with Gasteiger partial charge in [-0.2, -0.15) is 0 Å². The van der Waals surface area contributed by atoms with Gasteiger partial charge in [-0.25, -0.2) is 4.84 Å². The zero-order valence-electron chi connectivity index (χ0n) is 4.45. The lowest BCUT2D eigenvalue weighted by Crippen LogP contribution is -2.12. The van der Waals surface area contributed by atoms with E-state index < -0.39 is 0 Å². The summed E-state index contributed by atoms with van der Waals surface area (Å²) in [5.74, 6) is 0.669. The van der Waals surface area contributed by atoms with E-state index in [4.69, 9.17) is 11.8 Å². The molecule has 0 aliphatic heterocycles. The van der Waals surface area contributed by atoms with Gasteiger partial charge in [-0.05, 0) is 23.9 Å². The Morgan fingerprint density at radius 1 is 1.86 bits per heavy atom. The van der Waals surface area contributed by atoms with Crippen molar-refractivity contribution in [3.8, 4) is 0 Å². The van der Waals surface area contributed by atoms with Crippen LogP contribution in [-0.4, -0.2) is 12.7 Å². The SMILES string of the molecule is CC(CP)CNCl. The van der Waals surface area contributed by atoms with Gasteiger partial charge in [0.25, 0.3) is 0 Å². The van der Waals surface area contributed by atoms with E-state index >= 15 is 0 Å². The molecule has 0 spiro atoms. The fraction of sp³-hybridized carbons (Fsp3) is 1.00. The van der Waals surface area contributed by atoms with Crippen molar-refractivity contribution in [1.82, 2.24) is 4.84 Å². The molecule has 0 aliphatic carbocycles. The van der Waals surface area contributed by atoms with E-state index in [0.717, 1.165) is 12.7 Å². The molecule has 2 unspecified atom stereocenters. The summed E-state index contributed by atoms with van der Waals surface area (Å²) in [5, 5.41) is 0. The summed E-state index contributed by atoms with van der Waals surface area (Å²) in [4.78, 5) is 2.58. The Bertz CT molecular complexity index is 42.7. The third-order valence-corrected chi connectivity index (χ3v) is 1.79. The topological polar surface area (TPSA) is 12.0 Å². The first-order valence-corrected chi connectivity index (χ1v) is 3.54. The van der Waals surface area contributed by atoms with E-state index in [-0.39, 0.29) is 0 Å². The molecule has 1 N–H and O–H groups in total. The van der Waals surface area contributed by atoms with Crippen molar-refractivity contribution in [3.63, 3.8) is 0 Å². The highest BCUT2D eigenvalue weighted by molar-refractivity contribution is 7.16. The van der Waals surface area contributed by atoms with Gasteiger partial charge in [0.1, 0.15) is 0 Å². The summed E-state index contributed by atoms with van der Waals surface area (Å²) in [6, 6.07) is 0. The predicted octanol–water partition coefficient (Wildman–Crippen LogP) is 1.24. The highest BCUT2D eigenvalue weighted by Crippen LogP contribution is 1.96. The number of nitrogens with one attached hydrogen (secondary N) is 1. The summed E-state index contributed by atoms with van der Waals surface area (Å²) in [5.41, 5.74) is 0. The normalized spacial score (nSPS) is 14.1. The maximum absolute atomic E-state index is 5.22. The van der Waals surface area contributed by atoms with Crippen molar-refractivity contribution in [2.45, 2.75) is 6.92 Å². The molecule has 0 amide bonds. The summed E-state index contributed by atoms with van der Waals surface area (Å²) >= 11 is 5.22. The van der Waals surface area contributed by atoms with Crippen molar-refractivity contribution < 1.29 is 0 Å². The van der Waals surface area contributed by atoms with Gasteiger partial charge in [0.2, 0.25) is 0 Å². The predicted molar refractivity (Wildman–Crippen MR) is 37.6 cm³/mol. The third-order valence-electron chi connectivity index (χ3n) is 0.828. The zero-order valence-corrected chi connectivity index (χ0v) is 6.36. The van der Waals surface area contributed by atoms with Gasteiger partial charge in [0.15, 0.2) is 0 Å². The van der Waals surface area contributed by atoms with E-state index in [1.165, 1.54) is 0 Å². The minimum absolute atomic E-state index is 0.669. The van der Waals surface area contributed by atoms with Gasteiger partial charge < -0.3 is 0 Å². The standard InChI is InChI=1S/C4H11ClNP/c1-4(3-7)2-6-5/h4,6H,2-3,7H2,1H3. The van der Waals surface area contributed by atoms with Crippen molar-refractivity contribution in [1.29, 1.82) is 0 Å². The number of halogens is 1. The Labute approximate surface area is 52.1 Å². The highest BCUT2D eigenvalue weighted by Gasteiger charge is 1.93. The first kappa shape index (κ1) is 7.68. The lowest BCUT2D eigenvalue weighted by molar-refractivity contribution is 0.646. The maximum Gasteiger partial charge on any atom is 0.0137 e. The molecule has 7 heavy (non-hydrogen) atoms. The molecule has 0 aliphatic rings. The van der Waals surface area contributed by atoms with E-state index in [0.29, 0.717) is 5.92 Å². The molecule has 0 aromatic heterocycles. The first-order chi connectivity index (χ1) is 3.31. The highest BCUT2D eigenvalue weighted by atomic mass is 35.5. The average molecular weight is 140 g/mol. The van der Waals surface area contributed by atoms with E-state index in [1.807, 2.05) is 0 Å². The van der Waals surface area contributed by atoms with Crippen LogP contribution in [0.2, 0.25) is 0 Å². The third kappa shape index (κ3) is 4.53. The molecular weight excluding hydrogens is 128 g/mol. The first-order valence-electron chi connectivity index (χ1n) is 2.34. The average Bonchev–Trinajstić information content (AvgIpc) is 1.68. The summed E-state index contributed by atoms with van der Waals surface area (Å²) < 4.78 is 0. The van der Waals surface area contributed by atoms with Crippen molar-refractivity contribution >= 4 is 21.0 Å². The lowest BCUT2D eigenvalue weighted by atomic mass is 10.2. The number of rotatable bonds is 3. The molecule has 3 heteroatoms. The number of hydrogen-bond donors (Lipinski definition) is 1. The Morgan fingerprint density at radius 2 is 2.43 bits per heavy atom. The van der Waals surface area contributed by atoms with Crippen LogP contribution in [0, 0.1) is 5.92 Å². The van der Waals surface area contributed by atoms with Crippen LogP contribution in [0.5, 0.6) is 0 Å². The Kier molecular flexibility index (Phi) is 5.30. The zero-order chi connectivity index (χ0) is 5.70. The molecule has 0 fully saturated rings. The Hall–Kier alpha value is 0.680. The molecule has 1 nitrogen and oxygen atoms in total. The van der Waals surface area contributed by atoms with Gasteiger partial charge in [-0.3, -0.25) is 0 Å². The lowest BCUT2D eigenvalue weighted by Gasteiger charge is -2.02. The molecule has 0 aromatic rings. The van der Waals surface area contributed by atoms with E-state index in [9.17, 15) is 0 Å². The molecule has 44 valence electrons. The molecule has 0 heterocycles. The van der Waals surface area contributed by atoms with Crippen LogP contribution in [0.15, 0.2) is 0 Å². The quantitative estimate of drug-likeness (QED) is 0.458. The maximum atomic E-state index is 5.22. The van der Waals surface area contributed by atoms with Crippen molar-refractivity contribution in [2.75, 3.05) is 12.7 Å². The van der Waals surface area contributed by atoms with Crippen molar-refractivity contribution in [3.05, 3.63) is 0 Å². The largest absolute Gasteiger partial charge is 0.233 e. The van der Waals surface area contributed by atoms with E-state index in [2.05, 4.69) is 21.0 Å². The van der Waals surface area contributed by atoms with Crippen LogP contribution < -0.4 is 4.84 Å². The molecule has 0 bridgehead atoms. The minimum Gasteiger partial charge on any atom is -0.233 e. The summed E-state index contributed by atoms with van der Waals surface area (Å²) in [6.45, 7) is 3.04. The van der Waals surface area contributed by atoms with Gasteiger partial charge in [-0.1, -0.05) is 6.92 Å². The minimum atomic E-state index is 0.669. The molecule has 0 rings (SSSR count). The second-order valence-corrected chi connectivity index (χ2v) is 2.42. The van der Waals surface area contributed by atoms with Gasteiger partial charge in [0, 0.05) is 6.54 Å². The van der Waals surface area contributed by atoms with Crippen LogP contribution in [0.25, 0.3) is 0 Å². The Balaban J connectivity index is 2.83. The van der Waals surface area contributed by atoms with Crippen LogP contribution >= 0.6 is 21.0 Å². The van der Waals surface area contributed by atoms with Gasteiger partial charge >= 0.3 is 0 Å². The summed E-state index contributed by atoms with van der Waals surface area (Å²) in [6.07, 6.45) is 1.11. The second-order valence-electron chi connectivity index (χ2n) is 1.68. The molecule has 0 saturated carbocycles. The van der Waals surface area contributed by atoms with Crippen LogP contribution in [0.3, 0.4) is 0 Å². The van der Waals surface area contributed by atoms with Crippen LogP contribution in [0.1, 0.15) is 6.92 Å². The van der Waals surface area contributed by atoms with Gasteiger partial charge in [-0.15, -0.1) is 9.24 Å². The Morgan fingerprint density at radius 3 is 2.57 bits per heavy atom. The fourth-order valence-corrected chi connectivity index (χ4v) is 0.645. The van der Waals surface area contributed by atoms with E-state index in [1.54, 1.807) is 0 Å². The van der Waals surface area contributed by atoms with Crippen LogP contribution in [0.4, 0.5) is 0 Å². The van der Waals surface area contributed by atoms with Crippen molar-refractivity contribution in [2.24, 2.45) is 5.92 Å². The smallest absolute Gasteiger partial charge is 0.0137 e. The molecule has 0 aromatic carbocycles. The fourth-order valence-electron chi connectivity index (χ4n) is 0.215. The molecular formula is C4H11ClNP. The second kappa shape index (κ2) is 4.83. The summed E-state index contributed by atoms with van der Waals surface area (Å²) in [7, 11) is 2.67. The molecule has 2 atom stereocenters. The number of hydrogen-bond acceptors (Lipinski definition) is 1.